The molecule has 0 aliphatic rings. The zero-order chi connectivity index (χ0) is 39.1. The lowest BCUT2D eigenvalue weighted by Gasteiger charge is -2.13. The Kier molecular flexibility index (Phi) is 4.99. The number of nitrogens with zero attached hydrogens (tertiary/aromatic N) is 4. The van der Waals surface area contributed by atoms with Gasteiger partial charge >= 0.3 is 0 Å². The zero-order valence-electron chi connectivity index (χ0n) is 33.3. The third-order valence-electron chi connectivity index (χ3n) is 8.97. The molecule has 0 saturated carbocycles. The van der Waals surface area contributed by atoms with Crippen molar-refractivity contribution in [1.29, 1.82) is 0 Å². The summed E-state index contributed by atoms with van der Waals surface area (Å²) >= 11 is 0. The molecular weight excluding hydrogens is 613 g/mol. The second-order valence-electron chi connectivity index (χ2n) is 11.9. The Morgan fingerprint density at radius 2 is 1.08 bits per heavy atom. The van der Waals surface area contributed by atoms with Crippen molar-refractivity contribution >= 4 is 43.7 Å². The van der Waals surface area contributed by atoms with Gasteiger partial charge in [0, 0.05) is 43.9 Å². The van der Waals surface area contributed by atoms with Gasteiger partial charge in [-0.25, -0.2) is 15.0 Å². The topological polar surface area (TPSA) is 56.7 Å². The number of fused-ring (bicyclic) bond motifs is 6. The van der Waals surface area contributed by atoms with Gasteiger partial charge in [-0.1, -0.05) is 127 Å². The standard InChI is InChI=1S/C45H28N4O/c1-3-12-29(13-4-1)30-22-25-33(26-23-30)49-39-20-9-7-16-34(39)37-18-11-19-38(42(37)49)45-47-43(31-14-5-2-6-15-31)46-44(48-45)32-24-27-36-35-17-8-10-21-40(35)50-41(36)28-32/h1-28H/i7D,9D,11D,16D,18D,19D,20D. The van der Waals surface area contributed by atoms with Gasteiger partial charge in [-0.3, -0.25) is 0 Å². The first-order valence-corrected chi connectivity index (χ1v) is 16.1. The first-order valence-electron chi connectivity index (χ1n) is 19.6. The molecule has 234 valence electrons. The van der Waals surface area contributed by atoms with Crippen molar-refractivity contribution in [2.45, 2.75) is 0 Å². The van der Waals surface area contributed by atoms with Crippen molar-refractivity contribution in [3.05, 3.63) is 170 Å². The van der Waals surface area contributed by atoms with Gasteiger partial charge in [0.1, 0.15) is 11.2 Å². The Labute approximate surface area is 297 Å². The van der Waals surface area contributed by atoms with Gasteiger partial charge < -0.3 is 8.98 Å². The highest BCUT2D eigenvalue weighted by Gasteiger charge is 2.20. The first kappa shape index (κ1) is 21.9. The third-order valence-corrected chi connectivity index (χ3v) is 8.97. The predicted octanol–water partition coefficient (Wildman–Crippen LogP) is 11.5. The summed E-state index contributed by atoms with van der Waals surface area (Å²) in [5, 5.41) is 2.05. The normalized spacial score (nSPS) is 13.6. The minimum Gasteiger partial charge on any atom is -0.456 e. The van der Waals surface area contributed by atoms with E-state index in [1.165, 1.54) is 0 Å². The highest BCUT2D eigenvalue weighted by atomic mass is 16.3. The summed E-state index contributed by atoms with van der Waals surface area (Å²) in [4.78, 5) is 14.8. The molecule has 0 unspecified atom stereocenters. The molecule has 0 aliphatic heterocycles. The number of hydrogen-bond donors (Lipinski definition) is 0. The van der Waals surface area contributed by atoms with Gasteiger partial charge in [0.05, 0.1) is 20.6 Å². The van der Waals surface area contributed by atoms with Crippen LogP contribution in [0, 0.1) is 0 Å². The average Bonchev–Trinajstić information content (AvgIpc) is 3.81. The van der Waals surface area contributed by atoms with Crippen LogP contribution in [0.3, 0.4) is 0 Å². The van der Waals surface area contributed by atoms with Gasteiger partial charge in [-0.05, 0) is 53.5 Å². The first-order chi connectivity index (χ1) is 27.7. The summed E-state index contributed by atoms with van der Waals surface area (Å²) in [5.74, 6) is 0.607. The smallest absolute Gasteiger partial charge is 0.166 e. The van der Waals surface area contributed by atoms with E-state index in [0.29, 0.717) is 28.2 Å². The summed E-state index contributed by atoms with van der Waals surface area (Å²) in [6.45, 7) is 0. The van der Waals surface area contributed by atoms with Crippen LogP contribution in [0.25, 0.3) is 94.7 Å². The van der Waals surface area contributed by atoms with E-state index in [1.807, 2.05) is 127 Å². The molecule has 0 aliphatic carbocycles. The number of aromatic nitrogens is 4. The molecule has 3 aromatic heterocycles. The summed E-state index contributed by atoms with van der Waals surface area (Å²) < 4.78 is 71.1. The maximum absolute atomic E-state index is 9.44. The van der Waals surface area contributed by atoms with Crippen molar-refractivity contribution < 1.29 is 14.0 Å². The van der Waals surface area contributed by atoms with Gasteiger partial charge in [0.2, 0.25) is 0 Å². The molecule has 0 saturated heterocycles. The van der Waals surface area contributed by atoms with E-state index in [0.717, 1.165) is 27.5 Å². The van der Waals surface area contributed by atoms with Crippen LogP contribution >= 0.6 is 0 Å². The van der Waals surface area contributed by atoms with E-state index in [4.69, 9.17) is 26.2 Å². The molecule has 3 heterocycles. The quantitative estimate of drug-likeness (QED) is 0.186. The molecule has 10 aromatic rings. The molecule has 10 rings (SSSR count). The maximum Gasteiger partial charge on any atom is 0.166 e. The Morgan fingerprint density at radius 1 is 0.460 bits per heavy atom. The lowest BCUT2D eigenvalue weighted by Crippen LogP contribution is -2.02. The van der Waals surface area contributed by atoms with Crippen molar-refractivity contribution in [3.8, 4) is 51.0 Å². The van der Waals surface area contributed by atoms with E-state index in [9.17, 15) is 2.74 Å². The van der Waals surface area contributed by atoms with E-state index < -0.39 is 18.1 Å². The van der Waals surface area contributed by atoms with Crippen LogP contribution in [0.4, 0.5) is 0 Å². The monoisotopic (exact) mass is 647 g/mol. The second kappa shape index (κ2) is 11.4. The van der Waals surface area contributed by atoms with Crippen LogP contribution in [-0.2, 0) is 0 Å². The van der Waals surface area contributed by atoms with Crippen LogP contribution < -0.4 is 0 Å². The SMILES string of the molecule is [2H]c1c([2H])c([2H])c2c(c1[2H])c1c([2H])c([2H])c([2H])c(-c3nc(-c4ccccc4)nc(-c4ccc5c(c4)oc4ccccc45)n3)c1n2-c1ccc(-c2ccccc2)cc1. The van der Waals surface area contributed by atoms with Gasteiger partial charge in [0.25, 0.3) is 0 Å². The summed E-state index contributed by atoms with van der Waals surface area (Å²) in [7, 11) is 0. The van der Waals surface area contributed by atoms with Crippen LogP contribution in [0.15, 0.2) is 174 Å². The van der Waals surface area contributed by atoms with E-state index >= 15 is 0 Å². The summed E-state index contributed by atoms with van der Waals surface area (Å²) in [5.41, 5.74) is 5.49. The highest BCUT2D eigenvalue weighted by molar-refractivity contribution is 6.13. The molecule has 0 spiro atoms. The van der Waals surface area contributed by atoms with Crippen LogP contribution in [-0.4, -0.2) is 19.5 Å². The van der Waals surface area contributed by atoms with Crippen molar-refractivity contribution in [2.24, 2.45) is 0 Å². The van der Waals surface area contributed by atoms with Gasteiger partial charge in [-0.2, -0.15) is 0 Å². The number of hydrogen-bond acceptors (Lipinski definition) is 4. The molecule has 5 heteroatoms. The molecule has 0 radical (unpaired) electrons. The Balaban J connectivity index is 1.31. The summed E-state index contributed by atoms with van der Waals surface area (Å²) in [6, 6.07) is 37.4. The summed E-state index contributed by atoms with van der Waals surface area (Å²) in [6.07, 6.45) is 0. The molecule has 0 fully saturated rings. The molecular formula is C45H28N4O. The Morgan fingerprint density at radius 3 is 1.90 bits per heavy atom. The van der Waals surface area contributed by atoms with Crippen LogP contribution in [0.5, 0.6) is 0 Å². The predicted molar refractivity (Wildman–Crippen MR) is 203 cm³/mol. The molecule has 5 nitrogen and oxygen atoms in total. The number of rotatable bonds is 5. The van der Waals surface area contributed by atoms with Crippen LogP contribution in [0.2, 0.25) is 0 Å². The molecule has 0 amide bonds. The van der Waals surface area contributed by atoms with Crippen molar-refractivity contribution in [2.75, 3.05) is 0 Å². The second-order valence-corrected chi connectivity index (χ2v) is 11.9. The fourth-order valence-electron chi connectivity index (χ4n) is 6.62. The molecule has 0 bridgehead atoms. The number of benzene rings is 7. The highest BCUT2D eigenvalue weighted by Crippen LogP contribution is 2.39. The Bertz CT molecular complexity index is 3260. The largest absolute Gasteiger partial charge is 0.456 e. The number of para-hydroxylation sites is 3. The van der Waals surface area contributed by atoms with Crippen molar-refractivity contribution in [3.63, 3.8) is 0 Å². The minimum atomic E-state index is -0.469. The van der Waals surface area contributed by atoms with Crippen molar-refractivity contribution in [1.82, 2.24) is 19.5 Å². The number of furan rings is 1. The molecule has 7 aromatic carbocycles. The fourth-order valence-corrected chi connectivity index (χ4v) is 6.62. The molecule has 0 N–H and O–H groups in total. The minimum absolute atomic E-state index is 0.0345. The molecule has 50 heavy (non-hydrogen) atoms. The zero-order valence-corrected chi connectivity index (χ0v) is 26.3. The lowest BCUT2D eigenvalue weighted by atomic mass is 10.1. The maximum atomic E-state index is 9.44. The fraction of sp³-hybridized carbons (Fsp3) is 0. The third kappa shape index (κ3) is 4.60. The van der Waals surface area contributed by atoms with Gasteiger partial charge in [0.15, 0.2) is 17.5 Å². The van der Waals surface area contributed by atoms with Gasteiger partial charge in [-0.15, -0.1) is 0 Å². The average molecular weight is 648 g/mol. The van der Waals surface area contributed by atoms with E-state index in [2.05, 4.69) is 0 Å². The van der Waals surface area contributed by atoms with Crippen LogP contribution in [0.1, 0.15) is 9.60 Å². The Hall–Kier alpha value is -6.85. The van der Waals surface area contributed by atoms with E-state index in [1.54, 1.807) is 4.57 Å². The molecule has 0 atom stereocenters. The van der Waals surface area contributed by atoms with E-state index in [-0.39, 0.29) is 63.2 Å². The lowest BCUT2D eigenvalue weighted by molar-refractivity contribution is 0.669.